The molecule has 112 valence electrons. The number of rotatable bonds is 9. The summed E-state index contributed by atoms with van der Waals surface area (Å²) < 4.78 is 0. The van der Waals surface area contributed by atoms with Crippen molar-refractivity contribution in [3.05, 3.63) is 29.8 Å². The molecule has 1 atom stereocenters. The molecule has 1 aromatic carbocycles. The number of benzene rings is 1. The Kier molecular flexibility index (Phi) is 7.73. The Balaban J connectivity index is 2.42. The second-order valence-electron chi connectivity index (χ2n) is 5.01. The molecule has 0 aromatic heterocycles. The summed E-state index contributed by atoms with van der Waals surface area (Å²) in [7, 11) is 0. The van der Waals surface area contributed by atoms with Crippen molar-refractivity contribution in [3.63, 3.8) is 0 Å². The van der Waals surface area contributed by atoms with Crippen LogP contribution in [0, 0.1) is 0 Å². The Hall–Kier alpha value is -1.55. The first-order valence-electron chi connectivity index (χ1n) is 7.42. The first-order valence-corrected chi connectivity index (χ1v) is 7.42. The first-order chi connectivity index (χ1) is 9.69. The van der Waals surface area contributed by atoms with E-state index in [0.29, 0.717) is 6.42 Å². The van der Waals surface area contributed by atoms with Crippen LogP contribution in [0.25, 0.3) is 0 Å². The van der Waals surface area contributed by atoms with Gasteiger partial charge in [0, 0.05) is 12.2 Å². The van der Waals surface area contributed by atoms with E-state index >= 15 is 0 Å². The topological polar surface area (TPSA) is 61.4 Å². The third-order valence-corrected chi connectivity index (χ3v) is 3.26. The van der Waals surface area contributed by atoms with Crippen LogP contribution in [0.5, 0.6) is 0 Å². The summed E-state index contributed by atoms with van der Waals surface area (Å²) in [4.78, 5) is 11.8. The van der Waals surface area contributed by atoms with Crippen LogP contribution in [0.2, 0.25) is 0 Å². The molecule has 0 spiro atoms. The van der Waals surface area contributed by atoms with Gasteiger partial charge in [0.25, 0.3) is 0 Å². The van der Waals surface area contributed by atoms with Gasteiger partial charge in [0.2, 0.25) is 5.91 Å². The minimum Gasteiger partial charge on any atom is -0.394 e. The Labute approximate surface area is 121 Å². The van der Waals surface area contributed by atoms with Crippen LogP contribution in [-0.4, -0.2) is 30.2 Å². The maximum atomic E-state index is 11.8. The number of carbonyl (C=O) groups is 1. The fourth-order valence-corrected chi connectivity index (χ4v) is 1.89. The van der Waals surface area contributed by atoms with Gasteiger partial charge in [-0.15, -0.1) is 0 Å². The highest BCUT2D eigenvalue weighted by Crippen LogP contribution is 2.10. The number of amides is 1. The predicted octanol–water partition coefficient (Wildman–Crippen LogP) is 2.33. The third-order valence-electron chi connectivity index (χ3n) is 3.26. The minimum atomic E-state index is -0.141. The van der Waals surface area contributed by atoms with Crippen LogP contribution in [0.1, 0.15) is 38.7 Å². The van der Waals surface area contributed by atoms with Crippen molar-refractivity contribution >= 4 is 11.6 Å². The van der Waals surface area contributed by atoms with Crippen molar-refractivity contribution in [1.82, 2.24) is 5.32 Å². The summed E-state index contributed by atoms with van der Waals surface area (Å²) in [5.74, 6) is -0.0439. The summed E-state index contributed by atoms with van der Waals surface area (Å²) in [6.07, 6.45) is 3.42. The van der Waals surface area contributed by atoms with Crippen molar-refractivity contribution < 1.29 is 9.90 Å². The largest absolute Gasteiger partial charge is 0.394 e. The second kappa shape index (κ2) is 9.37. The average molecular weight is 278 g/mol. The van der Waals surface area contributed by atoms with E-state index in [4.69, 9.17) is 5.11 Å². The normalized spacial score (nSPS) is 11.9. The fraction of sp³-hybridized carbons (Fsp3) is 0.562. The molecule has 0 fully saturated rings. The summed E-state index contributed by atoms with van der Waals surface area (Å²) in [6.45, 7) is 5.07. The molecule has 1 rings (SSSR count). The van der Waals surface area contributed by atoms with E-state index in [0.717, 1.165) is 30.6 Å². The molecule has 4 nitrogen and oxygen atoms in total. The van der Waals surface area contributed by atoms with Crippen LogP contribution < -0.4 is 10.6 Å². The minimum absolute atomic E-state index is 0.0114. The number of nitrogens with one attached hydrogen (secondary N) is 2. The maximum absolute atomic E-state index is 11.8. The summed E-state index contributed by atoms with van der Waals surface area (Å²) in [6, 6.07) is 7.79. The fourth-order valence-electron chi connectivity index (χ4n) is 1.89. The number of carbonyl (C=O) groups excluding carboxylic acids is 1. The summed E-state index contributed by atoms with van der Waals surface area (Å²) in [5, 5.41) is 15.2. The lowest BCUT2D eigenvalue weighted by Crippen LogP contribution is -2.37. The molecule has 0 aliphatic carbocycles. The summed E-state index contributed by atoms with van der Waals surface area (Å²) >= 11 is 0. The predicted molar refractivity (Wildman–Crippen MR) is 82.9 cm³/mol. The van der Waals surface area contributed by atoms with E-state index in [2.05, 4.69) is 17.6 Å². The van der Waals surface area contributed by atoms with Gasteiger partial charge in [-0.1, -0.05) is 32.4 Å². The molecule has 20 heavy (non-hydrogen) atoms. The molecule has 1 amide bonds. The number of hydrogen-bond acceptors (Lipinski definition) is 3. The first kappa shape index (κ1) is 16.5. The van der Waals surface area contributed by atoms with Crippen LogP contribution in [-0.2, 0) is 11.2 Å². The lowest BCUT2D eigenvalue weighted by Gasteiger charge is -2.14. The van der Waals surface area contributed by atoms with Gasteiger partial charge in [-0.2, -0.15) is 0 Å². The zero-order chi connectivity index (χ0) is 14.8. The molecule has 0 radical (unpaired) electrons. The summed E-state index contributed by atoms with van der Waals surface area (Å²) in [5.41, 5.74) is 2.07. The van der Waals surface area contributed by atoms with E-state index in [1.807, 2.05) is 31.2 Å². The van der Waals surface area contributed by atoms with Gasteiger partial charge in [-0.05, 0) is 30.5 Å². The number of anilines is 1. The van der Waals surface area contributed by atoms with E-state index in [-0.39, 0.29) is 18.6 Å². The Morgan fingerprint density at radius 3 is 2.50 bits per heavy atom. The van der Waals surface area contributed by atoms with E-state index in [9.17, 15) is 4.79 Å². The highest BCUT2D eigenvalue weighted by molar-refractivity contribution is 5.79. The van der Waals surface area contributed by atoms with Gasteiger partial charge in [0.05, 0.1) is 19.1 Å². The SMILES string of the molecule is CCCCNc1ccc(CC(=O)NC(CC)CO)cc1. The highest BCUT2D eigenvalue weighted by Gasteiger charge is 2.09. The monoisotopic (exact) mass is 278 g/mol. The molecule has 0 saturated heterocycles. The van der Waals surface area contributed by atoms with E-state index in [1.165, 1.54) is 6.42 Å². The standard InChI is InChI=1S/C16H26N2O2/c1-3-5-10-17-15-8-6-13(7-9-15)11-16(20)18-14(4-2)12-19/h6-9,14,17,19H,3-5,10-12H2,1-2H3,(H,18,20). The Morgan fingerprint density at radius 2 is 1.95 bits per heavy atom. The van der Waals surface area contributed by atoms with Crippen LogP contribution >= 0.6 is 0 Å². The van der Waals surface area contributed by atoms with Crippen molar-refractivity contribution in [1.29, 1.82) is 0 Å². The molecule has 0 bridgehead atoms. The number of hydrogen-bond donors (Lipinski definition) is 3. The van der Waals surface area contributed by atoms with Crippen LogP contribution in [0.4, 0.5) is 5.69 Å². The van der Waals surface area contributed by atoms with Crippen molar-refractivity contribution in [2.45, 2.75) is 45.6 Å². The lowest BCUT2D eigenvalue weighted by atomic mass is 10.1. The van der Waals surface area contributed by atoms with Gasteiger partial charge in [0.1, 0.15) is 0 Å². The smallest absolute Gasteiger partial charge is 0.224 e. The zero-order valence-corrected chi connectivity index (χ0v) is 12.5. The van der Waals surface area contributed by atoms with E-state index in [1.54, 1.807) is 0 Å². The molecule has 0 heterocycles. The van der Waals surface area contributed by atoms with Crippen molar-refractivity contribution in [3.8, 4) is 0 Å². The van der Waals surface area contributed by atoms with E-state index < -0.39 is 0 Å². The van der Waals surface area contributed by atoms with Gasteiger partial charge in [-0.3, -0.25) is 4.79 Å². The number of unbranched alkanes of at least 4 members (excludes halogenated alkanes) is 1. The molecule has 4 heteroatoms. The van der Waals surface area contributed by atoms with Crippen LogP contribution in [0.3, 0.4) is 0 Å². The van der Waals surface area contributed by atoms with Gasteiger partial charge in [0.15, 0.2) is 0 Å². The van der Waals surface area contributed by atoms with Crippen molar-refractivity contribution in [2.75, 3.05) is 18.5 Å². The Morgan fingerprint density at radius 1 is 1.25 bits per heavy atom. The van der Waals surface area contributed by atoms with Crippen molar-refractivity contribution in [2.24, 2.45) is 0 Å². The van der Waals surface area contributed by atoms with Gasteiger partial charge >= 0.3 is 0 Å². The quantitative estimate of drug-likeness (QED) is 0.608. The lowest BCUT2D eigenvalue weighted by molar-refractivity contribution is -0.121. The van der Waals surface area contributed by atoms with Crippen LogP contribution in [0.15, 0.2) is 24.3 Å². The number of aliphatic hydroxyl groups is 1. The second-order valence-corrected chi connectivity index (χ2v) is 5.01. The number of aliphatic hydroxyl groups excluding tert-OH is 1. The maximum Gasteiger partial charge on any atom is 0.224 e. The molecule has 1 unspecified atom stereocenters. The molecule has 0 aliphatic rings. The molecule has 0 aliphatic heterocycles. The Bertz CT molecular complexity index is 386. The highest BCUT2D eigenvalue weighted by atomic mass is 16.3. The van der Waals surface area contributed by atoms with Gasteiger partial charge in [-0.25, -0.2) is 0 Å². The molecule has 1 aromatic rings. The molecule has 3 N–H and O–H groups in total. The third kappa shape index (κ3) is 6.06. The average Bonchev–Trinajstić information content (AvgIpc) is 2.47. The van der Waals surface area contributed by atoms with Gasteiger partial charge < -0.3 is 15.7 Å². The molecular weight excluding hydrogens is 252 g/mol. The molecule has 0 saturated carbocycles. The zero-order valence-electron chi connectivity index (χ0n) is 12.5. The molecular formula is C16H26N2O2.